The predicted molar refractivity (Wildman–Crippen MR) is 80.1 cm³/mol. The highest BCUT2D eigenvalue weighted by Gasteiger charge is 2.13. The lowest BCUT2D eigenvalue weighted by Crippen LogP contribution is -2.18. The maximum Gasteiger partial charge on any atom is 0.267 e. The summed E-state index contributed by atoms with van der Waals surface area (Å²) in [4.78, 5) is 17.4. The lowest BCUT2D eigenvalue weighted by atomic mass is 10.2. The van der Waals surface area contributed by atoms with Crippen LogP contribution in [-0.2, 0) is 6.54 Å². The van der Waals surface area contributed by atoms with Crippen molar-refractivity contribution in [3.8, 4) is 0 Å². The Morgan fingerprint density at radius 2 is 1.70 bits per heavy atom. The van der Waals surface area contributed by atoms with Crippen molar-refractivity contribution >= 4 is 27.7 Å². The Balaban J connectivity index is 2.41. The molecule has 0 radical (unpaired) electrons. The van der Waals surface area contributed by atoms with Crippen molar-refractivity contribution in [1.82, 2.24) is 14.0 Å². The summed E-state index contributed by atoms with van der Waals surface area (Å²) in [5.74, 6) is 0.706. The van der Waals surface area contributed by atoms with Gasteiger partial charge in [0.25, 0.3) is 5.56 Å². The predicted octanol–water partition coefficient (Wildman–Crippen LogP) is 2.82. The van der Waals surface area contributed by atoms with Crippen LogP contribution in [-0.4, -0.2) is 14.0 Å². The average Bonchev–Trinajstić information content (AvgIpc) is 2.87. The molecule has 2 aromatic carbocycles. The number of hydrogen-bond donors (Lipinski definition) is 0. The van der Waals surface area contributed by atoms with Crippen LogP contribution in [0.4, 0.5) is 0 Å². The van der Waals surface area contributed by atoms with Gasteiger partial charge in [-0.2, -0.15) is 0 Å². The number of para-hydroxylation sites is 3. The van der Waals surface area contributed by atoms with Gasteiger partial charge >= 0.3 is 0 Å². The molecule has 4 heteroatoms. The van der Waals surface area contributed by atoms with Gasteiger partial charge in [0.05, 0.1) is 21.9 Å². The number of aryl methyl sites for hydroxylation is 1. The quantitative estimate of drug-likeness (QED) is 0.529. The Morgan fingerprint density at radius 1 is 1.00 bits per heavy atom. The van der Waals surface area contributed by atoms with Crippen molar-refractivity contribution < 1.29 is 0 Å². The van der Waals surface area contributed by atoms with Crippen LogP contribution in [0, 0.1) is 0 Å². The van der Waals surface area contributed by atoms with Crippen LogP contribution >= 0.6 is 0 Å². The summed E-state index contributed by atoms with van der Waals surface area (Å²) < 4.78 is 3.79. The van der Waals surface area contributed by atoms with Gasteiger partial charge in [-0.3, -0.25) is 4.79 Å². The second-order valence-corrected chi connectivity index (χ2v) is 4.80. The Kier molecular flexibility index (Phi) is 2.21. The van der Waals surface area contributed by atoms with Gasteiger partial charge in [0.2, 0.25) is 5.78 Å². The van der Waals surface area contributed by atoms with Gasteiger partial charge in [-0.15, -0.1) is 0 Å². The van der Waals surface area contributed by atoms with E-state index in [4.69, 9.17) is 0 Å². The first-order chi connectivity index (χ1) is 9.81. The zero-order valence-electron chi connectivity index (χ0n) is 11.1. The minimum Gasteiger partial charge on any atom is -0.311 e. The fraction of sp³-hybridized carbons (Fsp3) is 0.125. The summed E-state index contributed by atoms with van der Waals surface area (Å²) in [5.41, 5.74) is 2.64. The standard InChI is InChI=1S/C16H13N3O/c1-2-18-13-9-5-3-7-11(13)15(20)19-14-10-6-4-8-12(14)17-16(18)19/h3-10H,2H2,1H3. The van der Waals surface area contributed by atoms with E-state index in [0.717, 1.165) is 28.5 Å². The first-order valence-corrected chi connectivity index (χ1v) is 6.70. The van der Waals surface area contributed by atoms with Crippen molar-refractivity contribution in [2.45, 2.75) is 13.5 Å². The third kappa shape index (κ3) is 1.30. The van der Waals surface area contributed by atoms with Crippen LogP contribution in [0.3, 0.4) is 0 Å². The fourth-order valence-corrected chi connectivity index (χ4v) is 2.82. The smallest absolute Gasteiger partial charge is 0.267 e. The summed E-state index contributed by atoms with van der Waals surface area (Å²) in [6.07, 6.45) is 0. The van der Waals surface area contributed by atoms with Gasteiger partial charge in [0, 0.05) is 6.54 Å². The average molecular weight is 263 g/mol. The lowest BCUT2D eigenvalue weighted by molar-refractivity contribution is 0.785. The maximum atomic E-state index is 12.7. The highest BCUT2D eigenvalue weighted by molar-refractivity contribution is 5.85. The number of nitrogens with zero attached hydrogens (tertiary/aromatic N) is 3. The summed E-state index contributed by atoms with van der Waals surface area (Å²) in [6.45, 7) is 2.84. The third-order valence-electron chi connectivity index (χ3n) is 3.73. The van der Waals surface area contributed by atoms with Gasteiger partial charge in [-0.1, -0.05) is 24.3 Å². The lowest BCUT2D eigenvalue weighted by Gasteiger charge is -2.10. The Hall–Kier alpha value is -2.62. The van der Waals surface area contributed by atoms with E-state index in [2.05, 4.69) is 16.5 Å². The van der Waals surface area contributed by atoms with Crippen LogP contribution in [0.1, 0.15) is 6.92 Å². The molecule has 2 heterocycles. The molecular weight excluding hydrogens is 250 g/mol. The number of aromatic nitrogens is 3. The Morgan fingerprint density at radius 3 is 2.50 bits per heavy atom. The van der Waals surface area contributed by atoms with Gasteiger partial charge in [-0.25, -0.2) is 9.38 Å². The SMILES string of the molecule is CCn1c2ccccc2c(=O)n2c3ccccc3nc12. The van der Waals surface area contributed by atoms with Gasteiger partial charge < -0.3 is 4.57 Å². The molecule has 0 aliphatic carbocycles. The summed E-state index contributed by atoms with van der Waals surface area (Å²) in [5, 5.41) is 0.727. The molecular formula is C16H13N3O. The van der Waals surface area contributed by atoms with E-state index in [9.17, 15) is 4.79 Å². The molecule has 20 heavy (non-hydrogen) atoms. The van der Waals surface area contributed by atoms with Crippen molar-refractivity contribution in [1.29, 1.82) is 0 Å². The number of fused-ring (bicyclic) bond motifs is 4. The molecule has 0 saturated carbocycles. The van der Waals surface area contributed by atoms with E-state index in [1.807, 2.05) is 48.5 Å². The monoisotopic (exact) mass is 263 g/mol. The largest absolute Gasteiger partial charge is 0.311 e. The van der Waals surface area contributed by atoms with E-state index in [1.54, 1.807) is 4.40 Å². The second-order valence-electron chi connectivity index (χ2n) is 4.80. The van der Waals surface area contributed by atoms with Crippen molar-refractivity contribution in [2.24, 2.45) is 0 Å². The van der Waals surface area contributed by atoms with E-state index in [1.165, 1.54) is 0 Å². The van der Waals surface area contributed by atoms with Gasteiger partial charge in [0.1, 0.15) is 0 Å². The van der Waals surface area contributed by atoms with Crippen molar-refractivity contribution in [3.05, 3.63) is 58.9 Å². The topological polar surface area (TPSA) is 39.3 Å². The third-order valence-corrected chi connectivity index (χ3v) is 3.73. The van der Waals surface area contributed by atoms with E-state index < -0.39 is 0 Å². The van der Waals surface area contributed by atoms with Gasteiger partial charge in [0.15, 0.2) is 0 Å². The molecule has 0 saturated heterocycles. The summed E-state index contributed by atoms with van der Waals surface area (Å²) >= 11 is 0. The maximum absolute atomic E-state index is 12.7. The number of hydrogen-bond acceptors (Lipinski definition) is 2. The second kappa shape index (κ2) is 3.93. The number of rotatable bonds is 1. The zero-order chi connectivity index (χ0) is 13.7. The van der Waals surface area contributed by atoms with Crippen molar-refractivity contribution in [2.75, 3.05) is 0 Å². The van der Waals surface area contributed by atoms with E-state index in [0.29, 0.717) is 5.78 Å². The molecule has 0 fully saturated rings. The van der Waals surface area contributed by atoms with Crippen LogP contribution in [0.5, 0.6) is 0 Å². The Bertz CT molecular complexity index is 1010. The fourth-order valence-electron chi connectivity index (χ4n) is 2.82. The zero-order valence-corrected chi connectivity index (χ0v) is 11.1. The molecule has 4 rings (SSSR count). The molecule has 0 aliphatic heterocycles. The highest BCUT2D eigenvalue weighted by atomic mass is 16.1. The summed E-state index contributed by atoms with van der Waals surface area (Å²) in [6, 6.07) is 15.4. The highest BCUT2D eigenvalue weighted by Crippen LogP contribution is 2.19. The molecule has 98 valence electrons. The normalized spacial score (nSPS) is 11.7. The molecule has 0 atom stereocenters. The minimum atomic E-state index is -0.00556. The summed E-state index contributed by atoms with van der Waals surface area (Å²) in [7, 11) is 0. The van der Waals surface area contributed by atoms with Gasteiger partial charge in [-0.05, 0) is 31.2 Å². The molecule has 0 N–H and O–H groups in total. The Labute approximate surface area is 114 Å². The van der Waals surface area contributed by atoms with Crippen LogP contribution in [0.15, 0.2) is 53.3 Å². The van der Waals surface area contributed by atoms with Crippen LogP contribution in [0.2, 0.25) is 0 Å². The molecule has 0 spiro atoms. The van der Waals surface area contributed by atoms with E-state index >= 15 is 0 Å². The number of imidazole rings is 1. The first-order valence-electron chi connectivity index (χ1n) is 6.70. The molecule has 0 unspecified atom stereocenters. The molecule has 0 amide bonds. The van der Waals surface area contributed by atoms with Crippen LogP contribution < -0.4 is 5.56 Å². The molecule has 0 aliphatic rings. The first kappa shape index (κ1) is 11.2. The molecule has 2 aromatic heterocycles. The molecule has 0 bridgehead atoms. The van der Waals surface area contributed by atoms with Crippen molar-refractivity contribution in [3.63, 3.8) is 0 Å². The molecule has 4 nitrogen and oxygen atoms in total. The van der Waals surface area contributed by atoms with E-state index in [-0.39, 0.29) is 5.56 Å². The number of benzene rings is 2. The molecule has 4 aromatic rings. The minimum absolute atomic E-state index is 0.00556. The van der Waals surface area contributed by atoms with Crippen LogP contribution in [0.25, 0.3) is 27.7 Å².